The van der Waals surface area contributed by atoms with Gasteiger partial charge in [-0.15, -0.1) is 0 Å². The lowest BCUT2D eigenvalue weighted by molar-refractivity contribution is 0.0827. The van der Waals surface area contributed by atoms with Crippen LogP contribution in [0.15, 0.2) is 48.5 Å². The number of carbonyl (C=O) groups excluding carboxylic acids is 1. The van der Waals surface area contributed by atoms with Crippen molar-refractivity contribution in [3.8, 4) is 5.75 Å². The highest BCUT2D eigenvalue weighted by Gasteiger charge is 2.21. The molecule has 1 aliphatic rings. The Hall–Kier alpha value is -2.33. The molecule has 4 heteroatoms. The molecule has 0 unspecified atom stereocenters. The first kappa shape index (κ1) is 16.5. The Bertz CT molecular complexity index is 727. The molecule has 126 valence electrons. The van der Waals surface area contributed by atoms with E-state index in [0.29, 0.717) is 12.6 Å². The van der Waals surface area contributed by atoms with Crippen LogP contribution in [0.1, 0.15) is 28.4 Å². The van der Waals surface area contributed by atoms with Crippen molar-refractivity contribution >= 4 is 5.91 Å². The second kappa shape index (κ2) is 7.05. The molecule has 0 saturated heterocycles. The average Bonchev–Trinajstić information content (AvgIpc) is 2.74. The van der Waals surface area contributed by atoms with Gasteiger partial charge in [0, 0.05) is 44.4 Å². The molecule has 2 aromatic rings. The Morgan fingerprint density at radius 2 is 2.00 bits per heavy atom. The molecular formula is C20H24N2O2. The topological polar surface area (TPSA) is 32.8 Å². The van der Waals surface area contributed by atoms with E-state index < -0.39 is 0 Å². The second-order valence-electron chi connectivity index (χ2n) is 6.57. The highest BCUT2D eigenvalue weighted by atomic mass is 16.5. The van der Waals surface area contributed by atoms with Crippen LogP contribution in [-0.4, -0.2) is 42.5 Å². The van der Waals surface area contributed by atoms with Crippen LogP contribution in [0.4, 0.5) is 0 Å². The summed E-state index contributed by atoms with van der Waals surface area (Å²) in [6.45, 7) is 4.50. The third-order valence-electron chi connectivity index (χ3n) is 4.42. The molecule has 0 saturated carbocycles. The zero-order valence-electron chi connectivity index (χ0n) is 14.5. The van der Waals surface area contributed by atoms with Gasteiger partial charge in [0.2, 0.25) is 0 Å². The van der Waals surface area contributed by atoms with Crippen molar-refractivity contribution in [1.82, 2.24) is 9.80 Å². The summed E-state index contributed by atoms with van der Waals surface area (Å²) in [6, 6.07) is 16.4. The number of hydrogen-bond acceptors (Lipinski definition) is 3. The molecule has 4 nitrogen and oxygen atoms in total. The average molecular weight is 324 g/mol. The van der Waals surface area contributed by atoms with Gasteiger partial charge in [0.05, 0.1) is 0 Å². The summed E-state index contributed by atoms with van der Waals surface area (Å²) >= 11 is 0. The Labute approximate surface area is 143 Å². The van der Waals surface area contributed by atoms with Crippen molar-refractivity contribution in [2.75, 3.05) is 20.7 Å². The lowest BCUT2D eigenvalue weighted by Crippen LogP contribution is -2.34. The smallest absolute Gasteiger partial charge is 0.253 e. The second-order valence-corrected chi connectivity index (χ2v) is 6.57. The number of rotatable bonds is 3. The van der Waals surface area contributed by atoms with Gasteiger partial charge >= 0.3 is 0 Å². The van der Waals surface area contributed by atoms with Gasteiger partial charge in [-0.1, -0.05) is 30.3 Å². The number of ether oxygens (including phenoxy) is 1. The predicted octanol–water partition coefficient (Wildman–Crippen LogP) is 3.17. The fourth-order valence-electron chi connectivity index (χ4n) is 2.97. The van der Waals surface area contributed by atoms with Gasteiger partial charge in [-0.25, -0.2) is 0 Å². The van der Waals surface area contributed by atoms with Crippen molar-refractivity contribution in [3.05, 3.63) is 65.2 Å². The van der Waals surface area contributed by atoms with E-state index in [1.165, 1.54) is 5.56 Å². The molecule has 0 spiro atoms. The first-order valence-corrected chi connectivity index (χ1v) is 8.30. The number of benzene rings is 2. The van der Waals surface area contributed by atoms with Gasteiger partial charge in [-0.05, 0) is 30.7 Å². The highest BCUT2D eigenvalue weighted by Crippen LogP contribution is 2.26. The van der Waals surface area contributed by atoms with Gasteiger partial charge in [-0.2, -0.15) is 0 Å². The SMILES string of the molecule is C[C@@H]1COc2ccccc2CN1Cc1cccc(C(=O)N(C)C)c1. The van der Waals surface area contributed by atoms with E-state index in [-0.39, 0.29) is 5.91 Å². The maximum atomic E-state index is 12.2. The minimum atomic E-state index is 0.0365. The molecule has 1 atom stereocenters. The molecule has 0 fully saturated rings. The summed E-state index contributed by atoms with van der Waals surface area (Å²) in [4.78, 5) is 16.2. The summed E-state index contributed by atoms with van der Waals surface area (Å²) in [5.74, 6) is 1.01. The van der Waals surface area contributed by atoms with Crippen molar-refractivity contribution < 1.29 is 9.53 Å². The van der Waals surface area contributed by atoms with Gasteiger partial charge in [0.25, 0.3) is 5.91 Å². The van der Waals surface area contributed by atoms with Gasteiger partial charge in [0.15, 0.2) is 0 Å². The zero-order chi connectivity index (χ0) is 17.1. The van der Waals surface area contributed by atoms with Crippen molar-refractivity contribution in [1.29, 1.82) is 0 Å². The lowest BCUT2D eigenvalue weighted by atomic mass is 10.1. The van der Waals surface area contributed by atoms with Gasteiger partial charge in [0.1, 0.15) is 12.4 Å². The van der Waals surface area contributed by atoms with E-state index in [1.807, 2.05) is 36.4 Å². The summed E-state index contributed by atoms with van der Waals surface area (Å²) in [5, 5.41) is 0. The molecule has 0 N–H and O–H groups in total. The van der Waals surface area contributed by atoms with Crippen LogP contribution < -0.4 is 4.74 Å². The monoisotopic (exact) mass is 324 g/mol. The van der Waals surface area contributed by atoms with Crippen molar-refractivity contribution in [2.24, 2.45) is 0 Å². The van der Waals surface area contributed by atoms with Crippen LogP contribution in [0.25, 0.3) is 0 Å². The molecule has 1 heterocycles. The molecule has 1 amide bonds. The first-order chi connectivity index (χ1) is 11.5. The van der Waals surface area contributed by atoms with E-state index in [9.17, 15) is 4.79 Å². The van der Waals surface area contributed by atoms with Crippen LogP contribution in [0.3, 0.4) is 0 Å². The predicted molar refractivity (Wildman–Crippen MR) is 95.1 cm³/mol. The number of carbonyl (C=O) groups is 1. The molecule has 0 radical (unpaired) electrons. The number of amides is 1. The Balaban J connectivity index is 1.80. The van der Waals surface area contributed by atoms with Crippen LogP contribution in [0.2, 0.25) is 0 Å². The van der Waals surface area contributed by atoms with Crippen molar-refractivity contribution in [3.63, 3.8) is 0 Å². The van der Waals surface area contributed by atoms with E-state index in [2.05, 4.69) is 24.0 Å². The van der Waals surface area contributed by atoms with Crippen LogP contribution in [0.5, 0.6) is 5.75 Å². The van der Waals surface area contributed by atoms with E-state index >= 15 is 0 Å². The van der Waals surface area contributed by atoms with E-state index in [1.54, 1.807) is 19.0 Å². The van der Waals surface area contributed by atoms with E-state index in [0.717, 1.165) is 30.0 Å². The summed E-state index contributed by atoms with van der Waals surface area (Å²) in [6.07, 6.45) is 0. The molecule has 0 bridgehead atoms. The molecule has 2 aromatic carbocycles. The number of para-hydroxylation sites is 1. The lowest BCUT2D eigenvalue weighted by Gasteiger charge is -2.26. The normalized spacial score (nSPS) is 17.5. The van der Waals surface area contributed by atoms with Crippen LogP contribution in [0, 0.1) is 0 Å². The molecule has 24 heavy (non-hydrogen) atoms. The largest absolute Gasteiger partial charge is 0.492 e. The maximum absolute atomic E-state index is 12.2. The Morgan fingerprint density at radius 3 is 2.79 bits per heavy atom. The standard InChI is InChI=1S/C20H24N2O2/c1-15-14-24-19-10-5-4-8-18(19)13-22(15)12-16-7-6-9-17(11-16)20(23)21(2)3/h4-11,15H,12-14H2,1-3H3/t15-/m1/s1. The summed E-state index contributed by atoms with van der Waals surface area (Å²) < 4.78 is 5.92. The number of fused-ring (bicyclic) bond motifs is 1. The van der Waals surface area contributed by atoms with Crippen LogP contribution >= 0.6 is 0 Å². The Morgan fingerprint density at radius 1 is 1.21 bits per heavy atom. The molecular weight excluding hydrogens is 300 g/mol. The third-order valence-corrected chi connectivity index (χ3v) is 4.42. The summed E-state index contributed by atoms with van der Waals surface area (Å²) in [7, 11) is 3.56. The molecule has 1 aliphatic heterocycles. The zero-order valence-corrected chi connectivity index (χ0v) is 14.5. The van der Waals surface area contributed by atoms with E-state index in [4.69, 9.17) is 4.74 Å². The van der Waals surface area contributed by atoms with Gasteiger partial charge < -0.3 is 9.64 Å². The maximum Gasteiger partial charge on any atom is 0.253 e. The molecule has 0 aromatic heterocycles. The third kappa shape index (κ3) is 3.60. The fourth-order valence-corrected chi connectivity index (χ4v) is 2.97. The molecule has 0 aliphatic carbocycles. The molecule has 3 rings (SSSR count). The first-order valence-electron chi connectivity index (χ1n) is 8.30. The van der Waals surface area contributed by atoms with Crippen molar-refractivity contribution in [2.45, 2.75) is 26.1 Å². The highest BCUT2D eigenvalue weighted by molar-refractivity contribution is 5.94. The minimum Gasteiger partial charge on any atom is -0.492 e. The summed E-state index contributed by atoms with van der Waals surface area (Å²) in [5.41, 5.74) is 3.09. The quantitative estimate of drug-likeness (QED) is 0.869. The minimum absolute atomic E-state index is 0.0365. The van der Waals surface area contributed by atoms with Gasteiger partial charge in [-0.3, -0.25) is 9.69 Å². The van der Waals surface area contributed by atoms with Crippen LogP contribution in [-0.2, 0) is 13.1 Å². The Kier molecular flexibility index (Phi) is 4.86. The number of nitrogens with zero attached hydrogens (tertiary/aromatic N) is 2. The fraction of sp³-hybridized carbons (Fsp3) is 0.350. The number of hydrogen-bond donors (Lipinski definition) is 0.